The van der Waals surface area contributed by atoms with Gasteiger partial charge in [-0.25, -0.2) is 0 Å². The van der Waals surface area contributed by atoms with Crippen LogP contribution in [-0.2, 0) is 13.1 Å². The van der Waals surface area contributed by atoms with E-state index in [1.54, 1.807) is 0 Å². The zero-order valence-electron chi connectivity index (χ0n) is 21.7. The Morgan fingerprint density at radius 3 is 2.16 bits per heavy atom. The molecule has 1 saturated heterocycles. The molecule has 6 rings (SSSR count). The fourth-order valence-electron chi connectivity index (χ4n) is 6.12. The van der Waals surface area contributed by atoms with Gasteiger partial charge in [-0.05, 0) is 79.2 Å². The van der Waals surface area contributed by atoms with Crippen LogP contribution in [0.2, 0.25) is 10.0 Å². The fourth-order valence-corrected chi connectivity index (χ4v) is 6.83. The van der Waals surface area contributed by atoms with Gasteiger partial charge >= 0.3 is 0 Å². The van der Waals surface area contributed by atoms with E-state index in [0.29, 0.717) is 5.92 Å². The van der Waals surface area contributed by atoms with Gasteiger partial charge in [0.25, 0.3) is 0 Å². The second kappa shape index (κ2) is 11.0. The molecule has 0 amide bonds. The number of hydrogen-bond acceptors (Lipinski definition) is 1. The van der Waals surface area contributed by atoms with Crippen molar-refractivity contribution in [3.63, 3.8) is 0 Å². The summed E-state index contributed by atoms with van der Waals surface area (Å²) < 4.78 is 2.52. The van der Waals surface area contributed by atoms with Crippen molar-refractivity contribution in [3.05, 3.63) is 129 Å². The lowest BCUT2D eigenvalue weighted by Crippen LogP contribution is -2.32. The van der Waals surface area contributed by atoms with Crippen molar-refractivity contribution < 1.29 is 0 Å². The predicted octanol–water partition coefficient (Wildman–Crippen LogP) is 9.35. The van der Waals surface area contributed by atoms with Gasteiger partial charge in [-0.15, -0.1) is 0 Å². The Labute approximate surface area is 235 Å². The molecule has 0 spiro atoms. The van der Waals surface area contributed by atoms with Crippen LogP contribution in [0.4, 0.5) is 0 Å². The first-order valence-corrected chi connectivity index (χ1v) is 14.2. The molecular formula is C34H32Cl2N2. The van der Waals surface area contributed by atoms with Crippen LogP contribution in [0.15, 0.2) is 97.1 Å². The monoisotopic (exact) mass is 538 g/mol. The van der Waals surface area contributed by atoms with E-state index in [2.05, 4.69) is 95.3 Å². The quantitative estimate of drug-likeness (QED) is 0.209. The van der Waals surface area contributed by atoms with Crippen molar-refractivity contribution in [1.82, 2.24) is 9.47 Å². The van der Waals surface area contributed by atoms with Gasteiger partial charge in [0.05, 0.1) is 5.69 Å². The minimum atomic E-state index is 0.406. The van der Waals surface area contributed by atoms with E-state index in [4.69, 9.17) is 23.2 Å². The summed E-state index contributed by atoms with van der Waals surface area (Å²) in [6, 6.07) is 34.5. The van der Waals surface area contributed by atoms with E-state index in [0.717, 1.165) is 54.6 Å². The third-order valence-corrected chi connectivity index (χ3v) is 8.58. The summed E-state index contributed by atoms with van der Waals surface area (Å²) in [5.74, 6) is 0.406. The van der Waals surface area contributed by atoms with Crippen molar-refractivity contribution in [1.29, 1.82) is 0 Å². The number of aryl methyl sites for hydroxylation is 1. The Hall–Kier alpha value is -3.04. The van der Waals surface area contributed by atoms with Crippen LogP contribution in [0, 0.1) is 6.92 Å². The molecule has 1 aliphatic rings. The molecule has 192 valence electrons. The molecule has 0 atom stereocenters. The van der Waals surface area contributed by atoms with Gasteiger partial charge in [0.15, 0.2) is 0 Å². The molecule has 0 unspecified atom stereocenters. The summed E-state index contributed by atoms with van der Waals surface area (Å²) in [6.07, 6.45) is 2.12. The van der Waals surface area contributed by atoms with Gasteiger partial charge in [-0.3, -0.25) is 4.90 Å². The lowest BCUT2D eigenvalue weighted by atomic mass is 9.89. The molecule has 0 aliphatic carbocycles. The summed E-state index contributed by atoms with van der Waals surface area (Å²) in [6.45, 7) is 5.99. The first-order chi connectivity index (χ1) is 18.6. The lowest BCUT2D eigenvalue weighted by molar-refractivity contribution is 0.205. The summed E-state index contributed by atoms with van der Waals surface area (Å²) in [5.41, 5.74) is 9.03. The average Bonchev–Trinajstić information content (AvgIpc) is 3.23. The molecular weight excluding hydrogens is 507 g/mol. The number of aromatic nitrogens is 1. The zero-order valence-corrected chi connectivity index (χ0v) is 23.2. The highest BCUT2D eigenvalue weighted by Crippen LogP contribution is 2.40. The Bertz CT molecular complexity index is 1540. The third-order valence-electron chi connectivity index (χ3n) is 7.92. The Kier molecular flexibility index (Phi) is 7.30. The number of para-hydroxylation sites is 1. The molecule has 0 N–H and O–H groups in total. The Morgan fingerprint density at radius 1 is 0.737 bits per heavy atom. The first kappa shape index (κ1) is 25.2. The number of halogens is 2. The largest absolute Gasteiger partial charge is 0.336 e. The van der Waals surface area contributed by atoms with Crippen molar-refractivity contribution in [2.75, 3.05) is 13.1 Å². The van der Waals surface area contributed by atoms with E-state index in [1.165, 1.54) is 38.9 Å². The predicted molar refractivity (Wildman–Crippen MR) is 161 cm³/mol. The maximum atomic E-state index is 6.56. The van der Waals surface area contributed by atoms with E-state index in [-0.39, 0.29) is 0 Å². The number of likely N-dealkylation sites (tertiary alicyclic amines) is 1. The maximum absolute atomic E-state index is 6.56. The van der Waals surface area contributed by atoms with Crippen molar-refractivity contribution in [2.45, 2.75) is 38.8 Å². The van der Waals surface area contributed by atoms with Gasteiger partial charge in [0.1, 0.15) is 0 Å². The Balaban J connectivity index is 1.36. The lowest BCUT2D eigenvalue weighted by Gasteiger charge is -2.33. The minimum Gasteiger partial charge on any atom is -0.336 e. The third kappa shape index (κ3) is 5.01. The van der Waals surface area contributed by atoms with Crippen molar-refractivity contribution in [2.24, 2.45) is 0 Å². The van der Waals surface area contributed by atoms with Crippen LogP contribution in [0.3, 0.4) is 0 Å². The summed E-state index contributed by atoms with van der Waals surface area (Å²) >= 11 is 13.1. The van der Waals surface area contributed by atoms with Gasteiger partial charge in [0, 0.05) is 34.0 Å². The Morgan fingerprint density at radius 2 is 1.42 bits per heavy atom. The molecule has 38 heavy (non-hydrogen) atoms. The maximum Gasteiger partial charge on any atom is 0.0540 e. The molecule has 5 aromatic rings. The highest BCUT2D eigenvalue weighted by Gasteiger charge is 2.26. The molecule has 1 aliphatic heterocycles. The SMILES string of the molecule is Cc1cccc(Cn2c(-c3ccccc3)c(CN3CCC(c4c(Cl)cccc4Cl)CC3)c3ccccc32)c1. The number of benzene rings is 4. The van der Waals surface area contributed by atoms with Gasteiger partial charge in [0.2, 0.25) is 0 Å². The number of piperidine rings is 1. The molecule has 0 saturated carbocycles. The van der Waals surface area contributed by atoms with Crippen LogP contribution in [-0.4, -0.2) is 22.6 Å². The molecule has 2 nitrogen and oxygen atoms in total. The average molecular weight is 540 g/mol. The second-order valence-corrected chi connectivity index (χ2v) is 11.3. The standard InChI is InChI=1S/C34H32Cl2N2/c1-24-9-7-10-25(21-24)22-38-32-16-6-5-13-28(32)29(34(38)27-11-3-2-4-12-27)23-37-19-17-26(18-20-37)33-30(35)14-8-15-31(33)36/h2-16,21,26H,17-20,22-23H2,1H3. The normalized spacial score (nSPS) is 14.8. The van der Waals surface area contributed by atoms with Crippen molar-refractivity contribution >= 4 is 34.1 Å². The van der Waals surface area contributed by atoms with Crippen LogP contribution in [0.1, 0.15) is 41.0 Å². The minimum absolute atomic E-state index is 0.406. The van der Waals surface area contributed by atoms with Crippen LogP contribution in [0.25, 0.3) is 22.2 Å². The molecule has 4 aromatic carbocycles. The first-order valence-electron chi connectivity index (χ1n) is 13.5. The van der Waals surface area contributed by atoms with Gasteiger partial charge in [-0.2, -0.15) is 0 Å². The molecule has 0 radical (unpaired) electrons. The fraction of sp³-hybridized carbons (Fsp3) is 0.235. The number of nitrogens with zero attached hydrogens (tertiary/aromatic N) is 2. The molecule has 1 aromatic heterocycles. The van der Waals surface area contributed by atoms with Crippen LogP contribution >= 0.6 is 23.2 Å². The summed E-state index contributed by atoms with van der Waals surface area (Å²) in [5, 5.41) is 2.93. The molecule has 1 fully saturated rings. The zero-order chi connectivity index (χ0) is 26.1. The second-order valence-electron chi connectivity index (χ2n) is 10.5. The van der Waals surface area contributed by atoms with E-state index >= 15 is 0 Å². The topological polar surface area (TPSA) is 8.17 Å². The number of hydrogen-bond donors (Lipinski definition) is 0. The van der Waals surface area contributed by atoms with Gasteiger partial charge < -0.3 is 4.57 Å². The highest BCUT2D eigenvalue weighted by molar-refractivity contribution is 6.36. The highest BCUT2D eigenvalue weighted by atomic mass is 35.5. The molecule has 4 heteroatoms. The van der Waals surface area contributed by atoms with E-state index < -0.39 is 0 Å². The number of fused-ring (bicyclic) bond motifs is 1. The van der Waals surface area contributed by atoms with E-state index in [9.17, 15) is 0 Å². The van der Waals surface area contributed by atoms with Gasteiger partial charge in [-0.1, -0.05) is 108 Å². The van der Waals surface area contributed by atoms with Crippen molar-refractivity contribution in [3.8, 4) is 11.3 Å². The molecule has 0 bridgehead atoms. The summed E-state index contributed by atoms with van der Waals surface area (Å²) in [7, 11) is 0. The van der Waals surface area contributed by atoms with Crippen LogP contribution in [0.5, 0.6) is 0 Å². The van der Waals surface area contributed by atoms with Crippen LogP contribution < -0.4 is 0 Å². The smallest absolute Gasteiger partial charge is 0.0540 e. The molecule has 2 heterocycles. The van der Waals surface area contributed by atoms with E-state index in [1.807, 2.05) is 18.2 Å². The summed E-state index contributed by atoms with van der Waals surface area (Å²) in [4.78, 5) is 2.60. The number of rotatable bonds is 6.